The predicted octanol–water partition coefficient (Wildman–Crippen LogP) is 0.574. The second kappa shape index (κ2) is 5.02. The molecule has 1 aliphatic rings. The molecule has 0 bridgehead atoms. The average molecular weight is 220 g/mol. The van der Waals surface area contributed by atoms with Crippen LogP contribution in [0.5, 0.6) is 0 Å². The van der Waals surface area contributed by atoms with Gasteiger partial charge in [0.2, 0.25) is 0 Å². The number of esters is 1. The summed E-state index contributed by atoms with van der Waals surface area (Å²) in [6.07, 6.45) is 0.951. The first kappa shape index (κ1) is 11.1. The van der Waals surface area contributed by atoms with Crippen LogP contribution < -0.4 is 0 Å². The van der Waals surface area contributed by atoms with Crippen LogP contribution in [0.2, 0.25) is 6.04 Å². The van der Waals surface area contributed by atoms with Crippen molar-refractivity contribution in [3.63, 3.8) is 0 Å². The number of rotatable bonds is 6. The van der Waals surface area contributed by atoms with Gasteiger partial charge in [-0.3, -0.25) is 4.79 Å². The molecule has 5 heteroatoms. The topological polar surface area (TPSA) is 35.5 Å². The molecule has 1 rings (SSSR count). The standard InChI is InChI=1S/C8H16O3SSi/c1-8(6-12-8)7(9)11-4-3-5-13-10-2/h3-6,13H2,1-2H3. The number of ether oxygens (including phenoxy) is 1. The summed E-state index contributed by atoms with van der Waals surface area (Å²) in [7, 11) is 1.40. The molecule has 0 spiro atoms. The second-order valence-corrected chi connectivity index (χ2v) is 6.53. The van der Waals surface area contributed by atoms with Crippen LogP contribution in [0.4, 0.5) is 0 Å². The smallest absolute Gasteiger partial charge is 0.322 e. The summed E-state index contributed by atoms with van der Waals surface area (Å²) < 4.78 is 9.94. The first-order valence-corrected chi connectivity index (χ1v) is 7.05. The third kappa shape index (κ3) is 3.70. The monoisotopic (exact) mass is 220 g/mol. The van der Waals surface area contributed by atoms with Crippen molar-refractivity contribution >= 4 is 27.5 Å². The van der Waals surface area contributed by atoms with E-state index < -0.39 is 0 Å². The zero-order chi connectivity index (χ0) is 9.73. The second-order valence-electron chi connectivity index (χ2n) is 3.36. The van der Waals surface area contributed by atoms with Gasteiger partial charge in [-0.25, -0.2) is 0 Å². The number of carbonyl (C=O) groups is 1. The Morgan fingerprint density at radius 1 is 1.69 bits per heavy atom. The van der Waals surface area contributed by atoms with Gasteiger partial charge in [0.25, 0.3) is 0 Å². The normalized spacial score (nSPS) is 26.6. The van der Waals surface area contributed by atoms with Crippen molar-refractivity contribution in [3.8, 4) is 0 Å². The molecule has 0 aromatic heterocycles. The van der Waals surface area contributed by atoms with E-state index in [0.717, 1.165) is 18.2 Å². The molecular weight excluding hydrogens is 204 g/mol. The number of hydrogen-bond donors (Lipinski definition) is 0. The Balaban J connectivity index is 1.96. The Morgan fingerprint density at radius 3 is 2.92 bits per heavy atom. The minimum Gasteiger partial charge on any atom is -0.465 e. The largest absolute Gasteiger partial charge is 0.465 e. The van der Waals surface area contributed by atoms with E-state index in [1.54, 1.807) is 18.9 Å². The molecule has 1 heterocycles. The fraction of sp³-hybridized carbons (Fsp3) is 0.875. The molecule has 0 aromatic carbocycles. The van der Waals surface area contributed by atoms with E-state index in [1.807, 2.05) is 6.92 Å². The molecule has 1 saturated heterocycles. The van der Waals surface area contributed by atoms with Gasteiger partial charge in [-0.05, 0) is 19.4 Å². The Hall–Kier alpha value is -0.00312. The van der Waals surface area contributed by atoms with Gasteiger partial charge in [-0.2, -0.15) is 0 Å². The molecule has 0 aromatic rings. The average Bonchev–Trinajstić information content (AvgIpc) is 2.84. The van der Waals surface area contributed by atoms with E-state index in [1.165, 1.54) is 0 Å². The molecule has 0 radical (unpaired) electrons. The number of carbonyl (C=O) groups excluding carboxylic acids is 1. The van der Waals surface area contributed by atoms with E-state index in [2.05, 4.69) is 0 Å². The van der Waals surface area contributed by atoms with Crippen molar-refractivity contribution in [2.45, 2.75) is 24.1 Å². The first-order valence-electron chi connectivity index (χ1n) is 4.49. The lowest BCUT2D eigenvalue weighted by molar-refractivity contribution is -0.144. The summed E-state index contributed by atoms with van der Waals surface area (Å²) in [6.45, 7) is 2.50. The van der Waals surface area contributed by atoms with Crippen molar-refractivity contribution < 1.29 is 14.0 Å². The maximum absolute atomic E-state index is 11.3. The van der Waals surface area contributed by atoms with Gasteiger partial charge in [0.15, 0.2) is 9.76 Å². The van der Waals surface area contributed by atoms with Crippen LogP contribution in [-0.4, -0.2) is 39.9 Å². The van der Waals surface area contributed by atoms with Crippen LogP contribution in [0.15, 0.2) is 0 Å². The fourth-order valence-electron chi connectivity index (χ4n) is 0.892. The quantitative estimate of drug-likeness (QED) is 0.284. The van der Waals surface area contributed by atoms with Crippen LogP contribution in [-0.2, 0) is 14.0 Å². The molecule has 0 saturated carbocycles. The Bertz CT molecular complexity index is 182. The lowest BCUT2D eigenvalue weighted by Crippen LogP contribution is -2.22. The van der Waals surface area contributed by atoms with Crippen molar-refractivity contribution in [1.29, 1.82) is 0 Å². The van der Waals surface area contributed by atoms with E-state index in [-0.39, 0.29) is 20.5 Å². The van der Waals surface area contributed by atoms with Crippen LogP contribution in [0.3, 0.4) is 0 Å². The van der Waals surface area contributed by atoms with Crippen LogP contribution >= 0.6 is 11.8 Å². The van der Waals surface area contributed by atoms with Crippen molar-refractivity contribution in [2.75, 3.05) is 19.5 Å². The van der Waals surface area contributed by atoms with E-state index in [9.17, 15) is 4.79 Å². The van der Waals surface area contributed by atoms with Gasteiger partial charge in [0.1, 0.15) is 4.75 Å². The van der Waals surface area contributed by atoms with Gasteiger partial charge >= 0.3 is 5.97 Å². The predicted molar refractivity (Wildman–Crippen MR) is 56.8 cm³/mol. The van der Waals surface area contributed by atoms with Crippen LogP contribution in [0.1, 0.15) is 13.3 Å². The summed E-state index contributed by atoms with van der Waals surface area (Å²) in [4.78, 5) is 11.3. The number of thioether (sulfide) groups is 1. The summed E-state index contributed by atoms with van der Waals surface area (Å²) in [5, 5.41) is 0. The lowest BCUT2D eigenvalue weighted by Gasteiger charge is -2.07. The van der Waals surface area contributed by atoms with Crippen LogP contribution in [0.25, 0.3) is 0 Å². The Labute approximate surface area is 85.5 Å². The fourth-order valence-corrected chi connectivity index (χ4v) is 2.10. The molecule has 1 unspecified atom stereocenters. The zero-order valence-electron chi connectivity index (χ0n) is 8.17. The van der Waals surface area contributed by atoms with E-state index in [4.69, 9.17) is 9.16 Å². The summed E-state index contributed by atoms with van der Waals surface area (Å²) >= 11 is 1.66. The highest BCUT2D eigenvalue weighted by Crippen LogP contribution is 2.44. The molecule has 1 atom stereocenters. The highest BCUT2D eigenvalue weighted by molar-refractivity contribution is 8.08. The van der Waals surface area contributed by atoms with Gasteiger partial charge in [0, 0.05) is 12.9 Å². The molecular formula is C8H16O3SSi. The number of hydrogen-bond acceptors (Lipinski definition) is 4. The van der Waals surface area contributed by atoms with E-state index in [0.29, 0.717) is 6.61 Å². The van der Waals surface area contributed by atoms with Gasteiger partial charge in [-0.1, -0.05) is 0 Å². The summed E-state index contributed by atoms with van der Waals surface area (Å²) in [6, 6.07) is 1.09. The minimum absolute atomic E-state index is 0.0448. The van der Waals surface area contributed by atoms with Crippen molar-refractivity contribution in [2.24, 2.45) is 0 Å². The highest BCUT2D eigenvalue weighted by Gasteiger charge is 2.47. The molecule has 0 N–H and O–H groups in total. The Morgan fingerprint density at radius 2 is 2.38 bits per heavy atom. The van der Waals surface area contributed by atoms with Gasteiger partial charge < -0.3 is 9.16 Å². The zero-order valence-corrected chi connectivity index (χ0v) is 10.4. The van der Waals surface area contributed by atoms with E-state index >= 15 is 0 Å². The first-order chi connectivity index (χ1) is 6.19. The van der Waals surface area contributed by atoms with Gasteiger partial charge in [-0.15, -0.1) is 11.8 Å². The SMILES string of the molecule is CO[SiH2]CCCOC(=O)C1(C)CS1. The third-order valence-corrected chi connectivity index (χ3v) is 4.50. The molecule has 13 heavy (non-hydrogen) atoms. The maximum atomic E-state index is 11.3. The maximum Gasteiger partial charge on any atom is 0.322 e. The molecule has 1 fully saturated rings. The molecule has 0 amide bonds. The van der Waals surface area contributed by atoms with Crippen molar-refractivity contribution in [1.82, 2.24) is 0 Å². The highest BCUT2D eigenvalue weighted by atomic mass is 32.2. The summed E-state index contributed by atoms with van der Waals surface area (Å²) in [5.74, 6) is 0.871. The molecule has 0 aliphatic carbocycles. The summed E-state index contributed by atoms with van der Waals surface area (Å²) in [5.41, 5.74) is 0. The van der Waals surface area contributed by atoms with Crippen LogP contribution in [0, 0.1) is 0 Å². The minimum atomic E-state index is -0.338. The van der Waals surface area contributed by atoms with Crippen molar-refractivity contribution in [3.05, 3.63) is 0 Å². The Kier molecular flexibility index (Phi) is 4.28. The molecule has 76 valence electrons. The molecule has 1 aliphatic heterocycles. The lowest BCUT2D eigenvalue weighted by atomic mass is 10.2. The third-order valence-electron chi connectivity index (χ3n) is 1.99. The molecule has 3 nitrogen and oxygen atoms in total. The van der Waals surface area contributed by atoms with Gasteiger partial charge in [0.05, 0.1) is 6.61 Å².